The van der Waals surface area contributed by atoms with Crippen LogP contribution in [-0.2, 0) is 11.2 Å². The van der Waals surface area contributed by atoms with Crippen LogP contribution in [0.4, 0.5) is 0 Å². The third-order valence-electron chi connectivity index (χ3n) is 4.35. The minimum atomic E-state index is 0.00958. The highest BCUT2D eigenvalue weighted by atomic mass is 32.2. The molecule has 110 valence electrons. The fourth-order valence-corrected chi connectivity index (χ4v) is 5.61. The van der Waals surface area contributed by atoms with Gasteiger partial charge in [-0.1, -0.05) is 0 Å². The fourth-order valence-electron chi connectivity index (χ4n) is 3.23. The van der Waals surface area contributed by atoms with Crippen molar-refractivity contribution in [1.82, 2.24) is 4.90 Å². The van der Waals surface area contributed by atoms with Gasteiger partial charge in [-0.3, -0.25) is 4.79 Å². The second-order valence-corrected chi connectivity index (χ2v) is 7.80. The average Bonchev–Trinajstić information content (AvgIpc) is 3.23. The normalized spacial score (nSPS) is 25.0. The van der Waals surface area contributed by atoms with Gasteiger partial charge in [0.15, 0.2) is 0 Å². The molecule has 0 radical (unpaired) electrons. The first-order valence-corrected chi connectivity index (χ1v) is 9.26. The van der Waals surface area contributed by atoms with E-state index < -0.39 is 0 Å². The summed E-state index contributed by atoms with van der Waals surface area (Å²) in [5, 5.41) is 2.13. The van der Waals surface area contributed by atoms with E-state index >= 15 is 0 Å². The van der Waals surface area contributed by atoms with Gasteiger partial charge < -0.3 is 9.32 Å². The number of furan rings is 1. The molecular weight excluding hydrogens is 302 g/mol. The Morgan fingerprint density at radius 1 is 1.38 bits per heavy atom. The Hall–Kier alpha value is -1.20. The molecule has 5 heteroatoms. The lowest BCUT2D eigenvalue weighted by Crippen LogP contribution is -2.33. The molecule has 4 heterocycles. The van der Waals surface area contributed by atoms with Crippen molar-refractivity contribution in [2.24, 2.45) is 0 Å². The van der Waals surface area contributed by atoms with E-state index in [2.05, 4.69) is 11.4 Å². The number of thioether (sulfide) groups is 1. The predicted molar refractivity (Wildman–Crippen MR) is 85.9 cm³/mol. The molecule has 0 spiro atoms. The van der Waals surface area contributed by atoms with Crippen LogP contribution < -0.4 is 0 Å². The molecule has 2 aliphatic rings. The molecule has 0 aromatic carbocycles. The third kappa shape index (κ3) is 2.42. The van der Waals surface area contributed by atoms with Gasteiger partial charge in [0.05, 0.1) is 6.26 Å². The van der Waals surface area contributed by atoms with Gasteiger partial charge >= 0.3 is 0 Å². The zero-order valence-corrected chi connectivity index (χ0v) is 13.3. The summed E-state index contributed by atoms with van der Waals surface area (Å²) in [6.45, 7) is 1.64. The minimum Gasteiger partial charge on any atom is -0.469 e. The molecule has 0 bridgehead atoms. The second kappa shape index (κ2) is 5.54. The van der Waals surface area contributed by atoms with Crippen LogP contribution in [0.5, 0.6) is 0 Å². The van der Waals surface area contributed by atoms with Gasteiger partial charge in [-0.25, -0.2) is 0 Å². The lowest BCUT2D eigenvalue weighted by atomic mass is 10.1. The molecule has 3 nitrogen and oxygen atoms in total. The highest BCUT2D eigenvalue weighted by molar-refractivity contribution is 8.00. The van der Waals surface area contributed by atoms with Crippen molar-refractivity contribution in [3.8, 4) is 0 Å². The third-order valence-corrected chi connectivity index (χ3v) is 6.57. The number of carbonyl (C=O) groups excluding carboxylic acids is 1. The summed E-state index contributed by atoms with van der Waals surface area (Å²) in [6, 6.07) is 6.08. The lowest BCUT2D eigenvalue weighted by Gasteiger charge is -2.26. The highest BCUT2D eigenvalue weighted by Gasteiger charge is 2.35. The molecule has 2 aromatic heterocycles. The van der Waals surface area contributed by atoms with E-state index in [1.54, 1.807) is 29.4 Å². The number of thiophene rings is 1. The van der Waals surface area contributed by atoms with Crippen LogP contribution in [0.15, 0.2) is 34.3 Å². The Labute approximate surface area is 132 Å². The molecule has 4 rings (SSSR count). The van der Waals surface area contributed by atoms with Crippen molar-refractivity contribution in [2.45, 2.75) is 24.0 Å². The number of likely N-dealkylation sites (tertiary alicyclic amines) is 1. The summed E-state index contributed by atoms with van der Waals surface area (Å²) in [4.78, 5) is 16.3. The van der Waals surface area contributed by atoms with Crippen LogP contribution >= 0.6 is 23.1 Å². The minimum absolute atomic E-state index is 0.00958. The maximum atomic E-state index is 12.9. The molecule has 2 aromatic rings. The molecule has 21 heavy (non-hydrogen) atoms. The van der Waals surface area contributed by atoms with Gasteiger partial charge in [0, 0.05) is 23.9 Å². The Bertz CT molecular complexity index is 635. The SMILES string of the molecule is O=C([C@@H]1SCCc2sccc21)N1CC[C@@H](c2ccco2)C1. The Kier molecular flexibility index (Phi) is 3.55. The summed E-state index contributed by atoms with van der Waals surface area (Å²) in [6.07, 6.45) is 3.83. The second-order valence-electron chi connectivity index (χ2n) is 5.59. The van der Waals surface area contributed by atoms with Crippen LogP contribution in [0.25, 0.3) is 0 Å². The van der Waals surface area contributed by atoms with Crippen molar-refractivity contribution < 1.29 is 9.21 Å². The van der Waals surface area contributed by atoms with Gasteiger partial charge in [0.1, 0.15) is 11.0 Å². The zero-order chi connectivity index (χ0) is 14.2. The summed E-state index contributed by atoms with van der Waals surface area (Å²) in [5.41, 5.74) is 1.25. The predicted octanol–water partition coefficient (Wildman–Crippen LogP) is 3.69. The molecule has 2 atom stereocenters. The Morgan fingerprint density at radius 2 is 2.33 bits per heavy atom. The number of aryl methyl sites for hydroxylation is 1. The first-order chi connectivity index (χ1) is 10.3. The highest BCUT2D eigenvalue weighted by Crippen LogP contribution is 2.41. The summed E-state index contributed by atoms with van der Waals surface area (Å²) in [5.74, 6) is 2.71. The number of amides is 1. The van der Waals surface area contributed by atoms with Crippen LogP contribution in [-0.4, -0.2) is 29.6 Å². The number of fused-ring (bicyclic) bond motifs is 1. The molecule has 0 unspecified atom stereocenters. The largest absolute Gasteiger partial charge is 0.469 e. The van der Waals surface area contributed by atoms with E-state index in [0.717, 1.165) is 37.4 Å². The first-order valence-electron chi connectivity index (χ1n) is 7.33. The average molecular weight is 319 g/mol. The fraction of sp³-hybridized carbons (Fsp3) is 0.438. The number of hydrogen-bond donors (Lipinski definition) is 0. The van der Waals surface area contributed by atoms with E-state index in [4.69, 9.17) is 4.42 Å². The van der Waals surface area contributed by atoms with Gasteiger partial charge in [0.25, 0.3) is 0 Å². The van der Waals surface area contributed by atoms with E-state index in [1.165, 1.54) is 10.4 Å². The van der Waals surface area contributed by atoms with Crippen molar-refractivity contribution in [3.63, 3.8) is 0 Å². The first kappa shape index (κ1) is 13.5. The molecule has 2 aliphatic heterocycles. The summed E-state index contributed by atoms with van der Waals surface area (Å²) < 4.78 is 5.49. The van der Waals surface area contributed by atoms with Gasteiger partial charge in [-0.05, 0) is 47.7 Å². The molecule has 0 aliphatic carbocycles. The molecule has 0 saturated carbocycles. The summed E-state index contributed by atoms with van der Waals surface area (Å²) in [7, 11) is 0. The zero-order valence-electron chi connectivity index (χ0n) is 11.7. The van der Waals surface area contributed by atoms with Crippen LogP contribution in [0, 0.1) is 0 Å². The van der Waals surface area contributed by atoms with Gasteiger partial charge in [-0.15, -0.1) is 23.1 Å². The molecular formula is C16H17NO2S2. The monoisotopic (exact) mass is 319 g/mol. The lowest BCUT2D eigenvalue weighted by molar-refractivity contribution is -0.129. The maximum absolute atomic E-state index is 12.9. The van der Waals surface area contributed by atoms with E-state index in [0.29, 0.717) is 5.92 Å². The van der Waals surface area contributed by atoms with Crippen molar-refractivity contribution in [3.05, 3.63) is 46.0 Å². The number of hydrogen-bond acceptors (Lipinski definition) is 4. The molecule has 0 N–H and O–H groups in total. The topological polar surface area (TPSA) is 33.5 Å². The molecule has 1 saturated heterocycles. The molecule has 1 fully saturated rings. The quantitative estimate of drug-likeness (QED) is 0.846. The summed E-state index contributed by atoms with van der Waals surface area (Å²) >= 11 is 3.58. The van der Waals surface area contributed by atoms with Crippen molar-refractivity contribution in [1.29, 1.82) is 0 Å². The van der Waals surface area contributed by atoms with E-state index in [1.807, 2.05) is 17.0 Å². The van der Waals surface area contributed by atoms with Gasteiger partial charge in [0.2, 0.25) is 5.91 Å². The van der Waals surface area contributed by atoms with Crippen molar-refractivity contribution in [2.75, 3.05) is 18.8 Å². The van der Waals surface area contributed by atoms with Crippen LogP contribution in [0.1, 0.15) is 33.8 Å². The maximum Gasteiger partial charge on any atom is 0.240 e. The number of carbonyl (C=O) groups is 1. The van der Waals surface area contributed by atoms with Crippen LogP contribution in [0.3, 0.4) is 0 Å². The smallest absolute Gasteiger partial charge is 0.240 e. The van der Waals surface area contributed by atoms with E-state index in [9.17, 15) is 4.79 Å². The Morgan fingerprint density at radius 3 is 3.19 bits per heavy atom. The number of nitrogens with zero attached hydrogens (tertiary/aromatic N) is 1. The number of rotatable bonds is 2. The Balaban J connectivity index is 1.50. The van der Waals surface area contributed by atoms with Gasteiger partial charge in [-0.2, -0.15) is 0 Å². The van der Waals surface area contributed by atoms with Crippen LogP contribution in [0.2, 0.25) is 0 Å². The standard InChI is InChI=1S/C16H17NO2S2/c18-16(15-12-4-8-20-14(12)5-9-21-15)17-6-3-11(10-17)13-2-1-7-19-13/h1-2,4,7-8,11,15H,3,5-6,9-10H2/t11-,15-/m1/s1. The van der Waals surface area contributed by atoms with E-state index in [-0.39, 0.29) is 11.2 Å². The molecule has 1 amide bonds. The van der Waals surface area contributed by atoms with Crippen molar-refractivity contribution >= 4 is 29.0 Å².